The van der Waals surface area contributed by atoms with E-state index in [1.165, 1.54) is 4.31 Å². The number of alkyl halides is 3. The molecule has 6 nitrogen and oxygen atoms in total. The number of aromatic nitrogens is 1. The summed E-state index contributed by atoms with van der Waals surface area (Å²) in [7, 11) is -3.82. The maximum Gasteiger partial charge on any atom is 0.416 e. The summed E-state index contributed by atoms with van der Waals surface area (Å²) in [6.07, 6.45) is -4.49. The van der Waals surface area contributed by atoms with Crippen LogP contribution in [0, 0.1) is 13.8 Å². The molecule has 0 spiro atoms. The summed E-state index contributed by atoms with van der Waals surface area (Å²) in [6, 6.07) is 3.60. The maximum absolute atomic E-state index is 12.7. The summed E-state index contributed by atoms with van der Waals surface area (Å²) in [6.45, 7) is 5.89. The van der Waals surface area contributed by atoms with Crippen LogP contribution in [0.1, 0.15) is 22.6 Å². The van der Waals surface area contributed by atoms with Crippen LogP contribution >= 0.6 is 0 Å². The molecule has 2 aromatic rings. The molecule has 0 unspecified atom stereocenters. The lowest BCUT2D eigenvalue weighted by Gasteiger charge is -2.33. The third-order valence-electron chi connectivity index (χ3n) is 4.71. The maximum atomic E-state index is 12.7. The SMILES string of the molecule is Cc1noc(C)c1CN1CCN(S(=O)(=O)c2ccc(C(F)(F)F)cc2)CC1. The number of hydrogen-bond acceptors (Lipinski definition) is 5. The Hall–Kier alpha value is -1.91. The van der Waals surface area contributed by atoms with Crippen LogP contribution in [0.4, 0.5) is 13.2 Å². The molecular weight excluding hydrogens is 383 g/mol. The van der Waals surface area contributed by atoms with Crippen molar-refractivity contribution < 1.29 is 26.1 Å². The Morgan fingerprint density at radius 3 is 2.15 bits per heavy atom. The Balaban J connectivity index is 1.66. The van der Waals surface area contributed by atoms with Crippen LogP contribution in [-0.4, -0.2) is 49.0 Å². The van der Waals surface area contributed by atoms with E-state index < -0.39 is 21.8 Å². The first-order valence-corrected chi connectivity index (χ1v) is 9.84. The van der Waals surface area contributed by atoms with Crippen LogP contribution in [0.15, 0.2) is 33.7 Å². The highest BCUT2D eigenvalue weighted by atomic mass is 32.2. The molecule has 27 heavy (non-hydrogen) atoms. The fraction of sp³-hybridized carbons (Fsp3) is 0.471. The lowest BCUT2D eigenvalue weighted by molar-refractivity contribution is -0.137. The number of halogens is 3. The molecule has 0 amide bonds. The van der Waals surface area contributed by atoms with E-state index in [9.17, 15) is 21.6 Å². The van der Waals surface area contributed by atoms with Crippen LogP contribution in [0.2, 0.25) is 0 Å². The Kier molecular flexibility index (Phi) is 5.33. The van der Waals surface area contributed by atoms with E-state index >= 15 is 0 Å². The molecular formula is C17H20F3N3O3S. The van der Waals surface area contributed by atoms with Gasteiger partial charge in [-0.05, 0) is 38.1 Å². The lowest BCUT2D eigenvalue weighted by atomic mass is 10.2. The van der Waals surface area contributed by atoms with Gasteiger partial charge in [0, 0.05) is 38.3 Å². The Labute approximate surface area is 155 Å². The molecule has 148 valence electrons. The number of hydrogen-bond donors (Lipinski definition) is 0. The van der Waals surface area contributed by atoms with Gasteiger partial charge in [-0.25, -0.2) is 8.42 Å². The molecule has 0 saturated carbocycles. The Morgan fingerprint density at radius 1 is 1.07 bits per heavy atom. The monoisotopic (exact) mass is 403 g/mol. The highest BCUT2D eigenvalue weighted by Gasteiger charge is 2.32. The number of piperazine rings is 1. The van der Waals surface area contributed by atoms with Crippen molar-refractivity contribution in [2.75, 3.05) is 26.2 Å². The van der Waals surface area contributed by atoms with Crippen LogP contribution in [0.25, 0.3) is 0 Å². The minimum absolute atomic E-state index is 0.130. The lowest BCUT2D eigenvalue weighted by Crippen LogP contribution is -2.48. The van der Waals surface area contributed by atoms with Gasteiger partial charge in [-0.15, -0.1) is 0 Å². The summed E-state index contributed by atoms with van der Waals surface area (Å²) in [4.78, 5) is 1.97. The van der Waals surface area contributed by atoms with Gasteiger partial charge in [0.15, 0.2) is 0 Å². The summed E-state index contributed by atoms with van der Waals surface area (Å²) in [5.74, 6) is 0.743. The zero-order valence-electron chi connectivity index (χ0n) is 15.0. The molecule has 10 heteroatoms. The van der Waals surface area contributed by atoms with E-state index in [0.29, 0.717) is 19.6 Å². The van der Waals surface area contributed by atoms with Gasteiger partial charge in [0.25, 0.3) is 0 Å². The van der Waals surface area contributed by atoms with Crippen molar-refractivity contribution in [1.82, 2.24) is 14.4 Å². The molecule has 0 bridgehead atoms. The number of benzene rings is 1. The zero-order valence-corrected chi connectivity index (χ0v) is 15.8. The van der Waals surface area contributed by atoms with Crippen molar-refractivity contribution in [3.63, 3.8) is 0 Å². The minimum atomic E-state index is -4.49. The second kappa shape index (κ2) is 7.25. The van der Waals surface area contributed by atoms with Gasteiger partial charge in [-0.2, -0.15) is 17.5 Å². The molecule has 2 heterocycles. The van der Waals surface area contributed by atoms with Crippen molar-refractivity contribution in [2.45, 2.75) is 31.5 Å². The van der Waals surface area contributed by atoms with E-state index in [0.717, 1.165) is 41.3 Å². The summed E-state index contributed by atoms with van der Waals surface area (Å²) >= 11 is 0. The molecule has 0 aliphatic carbocycles. The summed E-state index contributed by atoms with van der Waals surface area (Å²) < 4.78 is 69.8. The van der Waals surface area contributed by atoms with Crippen molar-refractivity contribution >= 4 is 10.0 Å². The van der Waals surface area contributed by atoms with Crippen LogP contribution in [0.5, 0.6) is 0 Å². The van der Waals surface area contributed by atoms with Gasteiger partial charge in [-0.3, -0.25) is 4.90 Å². The largest absolute Gasteiger partial charge is 0.416 e. The molecule has 0 atom stereocenters. The topological polar surface area (TPSA) is 66.7 Å². The first kappa shape index (κ1) is 19.8. The predicted octanol–water partition coefficient (Wildman–Crippen LogP) is 2.82. The second-order valence-corrected chi connectivity index (χ2v) is 8.44. The van der Waals surface area contributed by atoms with Crippen molar-refractivity contribution in [3.8, 4) is 0 Å². The van der Waals surface area contributed by atoms with Crippen molar-refractivity contribution in [1.29, 1.82) is 0 Å². The number of rotatable bonds is 4. The second-order valence-electron chi connectivity index (χ2n) is 6.51. The molecule has 1 aromatic carbocycles. The average molecular weight is 403 g/mol. The van der Waals surface area contributed by atoms with Gasteiger partial charge >= 0.3 is 6.18 Å². The van der Waals surface area contributed by atoms with Gasteiger partial charge in [-0.1, -0.05) is 5.16 Å². The minimum Gasteiger partial charge on any atom is -0.361 e. The van der Waals surface area contributed by atoms with Crippen LogP contribution < -0.4 is 0 Å². The molecule has 1 aromatic heterocycles. The van der Waals surface area contributed by atoms with Crippen molar-refractivity contribution in [3.05, 3.63) is 46.8 Å². The predicted molar refractivity (Wildman–Crippen MR) is 91.5 cm³/mol. The van der Waals surface area contributed by atoms with Crippen LogP contribution in [0.3, 0.4) is 0 Å². The average Bonchev–Trinajstić information content (AvgIpc) is 2.93. The molecule has 1 fully saturated rings. The zero-order chi connectivity index (χ0) is 19.8. The number of aryl methyl sites for hydroxylation is 2. The van der Waals surface area contributed by atoms with E-state index in [-0.39, 0.29) is 18.0 Å². The Morgan fingerprint density at radius 2 is 1.67 bits per heavy atom. The first-order chi connectivity index (χ1) is 12.6. The number of sulfonamides is 1. The highest BCUT2D eigenvalue weighted by Crippen LogP contribution is 2.30. The smallest absolute Gasteiger partial charge is 0.361 e. The molecule has 1 aliphatic rings. The molecule has 1 aliphatic heterocycles. The summed E-state index contributed by atoms with van der Waals surface area (Å²) in [5.41, 5.74) is 0.937. The third kappa shape index (κ3) is 4.17. The molecule has 3 rings (SSSR count). The first-order valence-electron chi connectivity index (χ1n) is 8.40. The van der Waals surface area contributed by atoms with E-state index in [4.69, 9.17) is 4.52 Å². The van der Waals surface area contributed by atoms with E-state index in [1.54, 1.807) is 0 Å². The third-order valence-corrected chi connectivity index (χ3v) is 6.63. The molecule has 0 N–H and O–H groups in total. The van der Waals surface area contributed by atoms with E-state index in [2.05, 4.69) is 10.1 Å². The van der Waals surface area contributed by atoms with Crippen molar-refractivity contribution in [2.24, 2.45) is 0 Å². The fourth-order valence-electron chi connectivity index (χ4n) is 3.04. The highest BCUT2D eigenvalue weighted by molar-refractivity contribution is 7.89. The number of nitrogens with zero attached hydrogens (tertiary/aromatic N) is 3. The molecule has 1 saturated heterocycles. The van der Waals surface area contributed by atoms with Gasteiger partial charge in [0.05, 0.1) is 16.2 Å². The van der Waals surface area contributed by atoms with E-state index in [1.807, 2.05) is 13.8 Å². The van der Waals surface area contributed by atoms with Gasteiger partial charge in [0.2, 0.25) is 10.0 Å². The van der Waals surface area contributed by atoms with Crippen LogP contribution in [-0.2, 0) is 22.7 Å². The Bertz CT molecular complexity index is 880. The standard InChI is InChI=1S/C17H20F3N3O3S/c1-12-16(13(2)26-21-12)11-22-7-9-23(10-8-22)27(24,25)15-5-3-14(4-6-15)17(18,19)20/h3-6H,7-11H2,1-2H3. The quantitative estimate of drug-likeness (QED) is 0.786. The molecule has 0 radical (unpaired) electrons. The normalized spacial score (nSPS) is 17.4. The van der Waals surface area contributed by atoms with Gasteiger partial charge < -0.3 is 4.52 Å². The van der Waals surface area contributed by atoms with Gasteiger partial charge in [0.1, 0.15) is 5.76 Å². The fourth-order valence-corrected chi connectivity index (χ4v) is 4.47. The summed E-state index contributed by atoms with van der Waals surface area (Å²) in [5, 5.41) is 3.91.